The Bertz CT molecular complexity index is 387. The topological polar surface area (TPSA) is 49.4 Å². The molecule has 0 aromatic carbocycles. The van der Waals surface area contributed by atoms with Crippen LogP contribution in [0, 0.1) is 5.41 Å². The van der Waals surface area contributed by atoms with Gasteiger partial charge in [-0.25, -0.2) is 8.42 Å². The fraction of sp³-hybridized carbons (Fsp3) is 1.00. The highest BCUT2D eigenvalue weighted by atomic mass is 32.2. The van der Waals surface area contributed by atoms with E-state index in [1.165, 1.54) is 6.42 Å². The number of hydrogen-bond acceptors (Lipinski definition) is 4. The molecule has 1 fully saturated rings. The van der Waals surface area contributed by atoms with Gasteiger partial charge in [-0.3, -0.25) is 0 Å². The zero-order chi connectivity index (χ0) is 15.4. The fourth-order valence-corrected chi connectivity index (χ4v) is 4.03. The number of nitrogens with zero attached hydrogens (tertiary/aromatic N) is 1. The minimum absolute atomic E-state index is 0.125. The molecule has 0 aromatic rings. The monoisotopic (exact) mass is 304 g/mol. The molecule has 1 aliphatic heterocycles. The molecule has 0 amide bonds. The molecule has 0 radical (unpaired) electrons. The van der Waals surface area contributed by atoms with Crippen LogP contribution in [0.15, 0.2) is 0 Å². The van der Waals surface area contributed by atoms with E-state index in [4.69, 9.17) is 0 Å². The van der Waals surface area contributed by atoms with Gasteiger partial charge in [0, 0.05) is 31.7 Å². The second kappa shape index (κ2) is 6.75. The van der Waals surface area contributed by atoms with Crippen LogP contribution in [-0.4, -0.2) is 56.5 Å². The Hall–Kier alpha value is -0.130. The molecular formula is C15H32N2O2S. The SMILES string of the molecule is CCCC(C)(CNC(C)(C)C)CN1CCS(=O)(=O)CC1. The molecular weight excluding hydrogens is 272 g/mol. The van der Waals surface area contributed by atoms with Gasteiger partial charge >= 0.3 is 0 Å². The molecule has 1 unspecified atom stereocenters. The van der Waals surface area contributed by atoms with E-state index in [0.717, 1.165) is 19.5 Å². The maximum absolute atomic E-state index is 11.5. The Kier molecular flexibility index (Phi) is 6.05. The van der Waals surface area contributed by atoms with E-state index >= 15 is 0 Å². The van der Waals surface area contributed by atoms with Crippen LogP contribution >= 0.6 is 0 Å². The van der Waals surface area contributed by atoms with Crippen LogP contribution in [0.5, 0.6) is 0 Å². The lowest BCUT2D eigenvalue weighted by atomic mass is 9.84. The van der Waals surface area contributed by atoms with E-state index in [-0.39, 0.29) is 11.0 Å². The maximum atomic E-state index is 11.5. The van der Waals surface area contributed by atoms with Crippen molar-refractivity contribution in [3.63, 3.8) is 0 Å². The average molecular weight is 305 g/mol. The molecule has 1 aliphatic rings. The van der Waals surface area contributed by atoms with Crippen LogP contribution < -0.4 is 5.32 Å². The Balaban J connectivity index is 2.57. The lowest BCUT2D eigenvalue weighted by molar-refractivity contribution is 0.148. The Morgan fingerprint density at radius 1 is 1.10 bits per heavy atom. The van der Waals surface area contributed by atoms with Gasteiger partial charge in [0.2, 0.25) is 0 Å². The third kappa shape index (κ3) is 6.55. The highest BCUT2D eigenvalue weighted by molar-refractivity contribution is 7.91. The molecule has 20 heavy (non-hydrogen) atoms. The largest absolute Gasteiger partial charge is 0.311 e. The Morgan fingerprint density at radius 2 is 1.65 bits per heavy atom. The first kappa shape index (κ1) is 17.9. The molecule has 1 saturated heterocycles. The van der Waals surface area contributed by atoms with Crippen molar-refractivity contribution in [2.75, 3.05) is 37.7 Å². The lowest BCUT2D eigenvalue weighted by Crippen LogP contribution is -2.50. The molecule has 4 nitrogen and oxygen atoms in total. The van der Waals surface area contributed by atoms with Crippen LogP contribution in [0.1, 0.15) is 47.5 Å². The second-order valence-corrected chi connectivity index (χ2v) is 9.90. The van der Waals surface area contributed by atoms with Crippen molar-refractivity contribution >= 4 is 9.84 Å². The molecule has 0 saturated carbocycles. The normalized spacial score (nSPS) is 23.4. The van der Waals surface area contributed by atoms with Crippen LogP contribution in [-0.2, 0) is 9.84 Å². The van der Waals surface area contributed by atoms with Crippen LogP contribution in [0.25, 0.3) is 0 Å². The van der Waals surface area contributed by atoms with Gasteiger partial charge in [0.15, 0.2) is 9.84 Å². The summed E-state index contributed by atoms with van der Waals surface area (Å²) in [4.78, 5) is 2.32. The molecule has 1 N–H and O–H groups in total. The predicted octanol–water partition coefficient (Wildman–Crippen LogP) is 1.91. The minimum Gasteiger partial charge on any atom is -0.311 e. The molecule has 0 spiro atoms. The number of hydrogen-bond donors (Lipinski definition) is 1. The summed E-state index contributed by atoms with van der Waals surface area (Å²) in [6.07, 6.45) is 2.33. The third-order valence-electron chi connectivity index (χ3n) is 3.94. The standard InChI is InChI=1S/C15H32N2O2S/c1-6-7-15(5,12-16-14(2,3)4)13-17-8-10-20(18,19)11-9-17/h16H,6-13H2,1-5H3. The second-order valence-electron chi connectivity index (χ2n) is 7.59. The van der Waals surface area contributed by atoms with E-state index in [0.29, 0.717) is 24.6 Å². The molecule has 1 rings (SSSR count). The van der Waals surface area contributed by atoms with Gasteiger partial charge in [-0.2, -0.15) is 0 Å². The molecule has 0 aromatic heterocycles. The van der Waals surface area contributed by atoms with Crippen molar-refractivity contribution in [2.24, 2.45) is 5.41 Å². The van der Waals surface area contributed by atoms with Crippen LogP contribution in [0.3, 0.4) is 0 Å². The predicted molar refractivity (Wildman–Crippen MR) is 85.9 cm³/mol. The summed E-state index contributed by atoms with van der Waals surface area (Å²) in [5.74, 6) is 0.643. The van der Waals surface area contributed by atoms with Gasteiger partial charge in [0.25, 0.3) is 0 Å². The molecule has 0 aliphatic carbocycles. The van der Waals surface area contributed by atoms with Gasteiger partial charge in [0.05, 0.1) is 11.5 Å². The third-order valence-corrected chi connectivity index (χ3v) is 5.55. The smallest absolute Gasteiger partial charge is 0.152 e. The van der Waals surface area contributed by atoms with E-state index < -0.39 is 9.84 Å². The quantitative estimate of drug-likeness (QED) is 0.814. The average Bonchev–Trinajstić information content (AvgIpc) is 2.29. The number of rotatable bonds is 6. The van der Waals surface area contributed by atoms with Crippen molar-refractivity contribution in [2.45, 2.75) is 53.0 Å². The van der Waals surface area contributed by atoms with Gasteiger partial charge < -0.3 is 10.2 Å². The van der Waals surface area contributed by atoms with E-state index in [9.17, 15) is 8.42 Å². The summed E-state index contributed by atoms with van der Waals surface area (Å²) in [7, 11) is -2.78. The van der Waals surface area contributed by atoms with Gasteiger partial charge in [-0.05, 0) is 32.6 Å². The first-order valence-electron chi connectivity index (χ1n) is 7.73. The Morgan fingerprint density at radius 3 is 2.10 bits per heavy atom. The van der Waals surface area contributed by atoms with Gasteiger partial charge in [-0.1, -0.05) is 20.3 Å². The first-order valence-corrected chi connectivity index (χ1v) is 9.55. The summed E-state index contributed by atoms with van der Waals surface area (Å²) in [6.45, 7) is 14.4. The first-order chi connectivity index (χ1) is 9.05. The van der Waals surface area contributed by atoms with Crippen molar-refractivity contribution in [1.82, 2.24) is 10.2 Å². The van der Waals surface area contributed by atoms with Gasteiger partial charge in [0.1, 0.15) is 0 Å². The van der Waals surface area contributed by atoms with Crippen molar-refractivity contribution < 1.29 is 8.42 Å². The van der Waals surface area contributed by atoms with Crippen molar-refractivity contribution in [3.8, 4) is 0 Å². The summed E-state index contributed by atoms with van der Waals surface area (Å²) in [5.41, 5.74) is 0.337. The van der Waals surface area contributed by atoms with Crippen LogP contribution in [0.4, 0.5) is 0 Å². The van der Waals surface area contributed by atoms with E-state index in [2.05, 4.69) is 44.8 Å². The van der Waals surface area contributed by atoms with Crippen LogP contribution in [0.2, 0.25) is 0 Å². The minimum atomic E-state index is -2.78. The fourth-order valence-electron chi connectivity index (χ4n) is 2.75. The summed E-state index contributed by atoms with van der Waals surface area (Å²) in [6, 6.07) is 0. The van der Waals surface area contributed by atoms with E-state index in [1.807, 2.05) is 0 Å². The molecule has 0 bridgehead atoms. The number of nitrogens with one attached hydrogen (secondary N) is 1. The Labute approximate surface area is 125 Å². The zero-order valence-electron chi connectivity index (χ0n) is 13.8. The maximum Gasteiger partial charge on any atom is 0.152 e. The van der Waals surface area contributed by atoms with E-state index in [1.54, 1.807) is 0 Å². The molecule has 120 valence electrons. The zero-order valence-corrected chi connectivity index (χ0v) is 14.6. The highest BCUT2D eigenvalue weighted by Gasteiger charge is 2.30. The summed E-state index contributed by atoms with van der Waals surface area (Å²) in [5, 5.41) is 3.61. The highest BCUT2D eigenvalue weighted by Crippen LogP contribution is 2.25. The van der Waals surface area contributed by atoms with Crippen molar-refractivity contribution in [1.29, 1.82) is 0 Å². The summed E-state index contributed by atoms with van der Waals surface area (Å²) >= 11 is 0. The molecule has 1 atom stereocenters. The lowest BCUT2D eigenvalue weighted by Gasteiger charge is -2.39. The van der Waals surface area contributed by atoms with Gasteiger partial charge in [-0.15, -0.1) is 0 Å². The van der Waals surface area contributed by atoms with Crippen molar-refractivity contribution in [3.05, 3.63) is 0 Å². The summed E-state index contributed by atoms with van der Waals surface area (Å²) < 4.78 is 23.0. The number of sulfone groups is 1. The molecule has 5 heteroatoms. The molecule has 1 heterocycles.